The van der Waals surface area contributed by atoms with Crippen LogP contribution in [0.4, 0.5) is 0 Å². The SMILES string of the molecule is CN(Cc1ccc2c(c1)CCCS2)C(=O)CO. The van der Waals surface area contributed by atoms with Crippen LogP contribution in [0.25, 0.3) is 0 Å². The second-order valence-corrected chi connectivity index (χ2v) is 5.44. The summed E-state index contributed by atoms with van der Waals surface area (Å²) in [5.41, 5.74) is 2.53. The Labute approximate surface area is 106 Å². The highest BCUT2D eigenvalue weighted by Gasteiger charge is 2.12. The first-order valence-corrected chi connectivity index (χ1v) is 6.78. The molecule has 1 aromatic carbocycles. The molecule has 1 aliphatic heterocycles. The van der Waals surface area contributed by atoms with Gasteiger partial charge in [-0.2, -0.15) is 0 Å². The number of rotatable bonds is 3. The van der Waals surface area contributed by atoms with Crippen LogP contribution in [-0.2, 0) is 17.8 Å². The van der Waals surface area contributed by atoms with Gasteiger partial charge in [-0.1, -0.05) is 12.1 Å². The molecule has 1 aromatic rings. The molecular weight excluding hydrogens is 234 g/mol. The molecule has 0 saturated carbocycles. The predicted molar refractivity (Wildman–Crippen MR) is 69.0 cm³/mol. The summed E-state index contributed by atoms with van der Waals surface area (Å²) in [6, 6.07) is 6.40. The van der Waals surface area contributed by atoms with Gasteiger partial charge in [-0.3, -0.25) is 4.79 Å². The van der Waals surface area contributed by atoms with Gasteiger partial charge in [0.25, 0.3) is 0 Å². The third-order valence-electron chi connectivity index (χ3n) is 2.95. The van der Waals surface area contributed by atoms with Gasteiger partial charge in [-0.15, -0.1) is 11.8 Å². The molecule has 0 aromatic heterocycles. The number of nitrogens with zero attached hydrogens (tertiary/aromatic N) is 1. The molecule has 0 aliphatic carbocycles. The van der Waals surface area contributed by atoms with Crippen LogP contribution in [0.1, 0.15) is 17.5 Å². The molecule has 1 N–H and O–H groups in total. The van der Waals surface area contributed by atoms with Crippen LogP contribution in [0, 0.1) is 0 Å². The summed E-state index contributed by atoms with van der Waals surface area (Å²) in [6.45, 7) is 0.147. The quantitative estimate of drug-likeness (QED) is 0.888. The summed E-state index contributed by atoms with van der Waals surface area (Å²) >= 11 is 1.91. The minimum absolute atomic E-state index is 0.239. The number of amides is 1. The van der Waals surface area contributed by atoms with Gasteiger partial charge < -0.3 is 10.0 Å². The third kappa shape index (κ3) is 3.01. The molecule has 3 nitrogen and oxygen atoms in total. The molecule has 0 unspecified atom stereocenters. The van der Waals surface area contributed by atoms with Crippen LogP contribution in [-0.4, -0.2) is 35.3 Å². The van der Waals surface area contributed by atoms with E-state index in [-0.39, 0.29) is 5.91 Å². The van der Waals surface area contributed by atoms with Crippen LogP contribution >= 0.6 is 11.8 Å². The number of thioether (sulfide) groups is 1. The predicted octanol–water partition coefficient (Wildman–Crippen LogP) is 1.68. The molecule has 1 aliphatic rings. The van der Waals surface area contributed by atoms with E-state index in [4.69, 9.17) is 5.11 Å². The van der Waals surface area contributed by atoms with Gasteiger partial charge in [0.2, 0.25) is 5.91 Å². The van der Waals surface area contributed by atoms with Crippen LogP contribution in [0.5, 0.6) is 0 Å². The third-order valence-corrected chi connectivity index (χ3v) is 4.16. The number of fused-ring (bicyclic) bond motifs is 1. The van der Waals surface area contributed by atoms with E-state index in [1.165, 1.54) is 22.6 Å². The maximum Gasteiger partial charge on any atom is 0.248 e. The fourth-order valence-electron chi connectivity index (χ4n) is 1.99. The Morgan fingerprint density at radius 2 is 2.35 bits per heavy atom. The number of likely N-dealkylation sites (N-methyl/N-ethyl adjacent to an activating group) is 1. The molecule has 0 spiro atoms. The van der Waals surface area contributed by atoms with Crippen molar-refractivity contribution in [2.24, 2.45) is 0 Å². The van der Waals surface area contributed by atoms with E-state index in [0.717, 1.165) is 12.0 Å². The molecule has 1 heterocycles. The largest absolute Gasteiger partial charge is 0.387 e. The van der Waals surface area contributed by atoms with Gasteiger partial charge >= 0.3 is 0 Å². The molecule has 0 saturated heterocycles. The van der Waals surface area contributed by atoms with E-state index in [1.807, 2.05) is 11.8 Å². The highest BCUT2D eigenvalue weighted by atomic mass is 32.2. The summed E-state index contributed by atoms with van der Waals surface area (Å²) in [7, 11) is 1.72. The minimum Gasteiger partial charge on any atom is -0.387 e. The topological polar surface area (TPSA) is 40.5 Å². The maximum absolute atomic E-state index is 11.3. The first-order chi connectivity index (χ1) is 8.20. The van der Waals surface area contributed by atoms with Crippen LogP contribution in [0.2, 0.25) is 0 Å². The highest BCUT2D eigenvalue weighted by molar-refractivity contribution is 7.99. The number of carbonyl (C=O) groups is 1. The molecule has 0 fully saturated rings. The van der Waals surface area contributed by atoms with Gasteiger partial charge in [0.05, 0.1) is 0 Å². The molecular formula is C13H17NO2S. The Morgan fingerprint density at radius 3 is 3.12 bits per heavy atom. The van der Waals surface area contributed by atoms with Gasteiger partial charge in [0.15, 0.2) is 0 Å². The van der Waals surface area contributed by atoms with Crippen molar-refractivity contribution in [3.8, 4) is 0 Å². The van der Waals surface area contributed by atoms with E-state index in [0.29, 0.717) is 6.54 Å². The molecule has 4 heteroatoms. The van der Waals surface area contributed by atoms with Crippen molar-refractivity contribution >= 4 is 17.7 Å². The van der Waals surface area contributed by atoms with Crippen LogP contribution in [0.15, 0.2) is 23.1 Å². The number of carbonyl (C=O) groups excluding carboxylic acids is 1. The van der Waals surface area contributed by atoms with E-state index >= 15 is 0 Å². The van der Waals surface area contributed by atoms with Crippen molar-refractivity contribution in [2.45, 2.75) is 24.3 Å². The lowest BCUT2D eigenvalue weighted by Gasteiger charge is -2.19. The average Bonchev–Trinajstić information content (AvgIpc) is 2.37. The molecule has 92 valence electrons. The number of aliphatic hydroxyl groups excluding tert-OH is 1. The first-order valence-electron chi connectivity index (χ1n) is 5.80. The van der Waals surface area contributed by atoms with Crippen molar-refractivity contribution in [1.82, 2.24) is 4.90 Å². The van der Waals surface area contributed by atoms with E-state index in [9.17, 15) is 4.79 Å². The lowest BCUT2D eigenvalue weighted by Crippen LogP contribution is -2.28. The van der Waals surface area contributed by atoms with E-state index in [1.54, 1.807) is 11.9 Å². The summed E-state index contributed by atoms with van der Waals surface area (Å²) in [5, 5.41) is 8.78. The molecule has 1 amide bonds. The second-order valence-electron chi connectivity index (χ2n) is 4.30. The van der Waals surface area contributed by atoms with Crippen molar-refractivity contribution in [1.29, 1.82) is 0 Å². The van der Waals surface area contributed by atoms with Crippen molar-refractivity contribution in [3.05, 3.63) is 29.3 Å². The normalized spacial score (nSPS) is 14.2. The number of benzene rings is 1. The first kappa shape index (κ1) is 12.5. The Balaban J connectivity index is 2.09. The van der Waals surface area contributed by atoms with Crippen molar-refractivity contribution in [3.63, 3.8) is 0 Å². The minimum atomic E-state index is -0.419. The lowest BCUT2D eigenvalue weighted by molar-refractivity contribution is -0.133. The zero-order chi connectivity index (χ0) is 12.3. The van der Waals surface area contributed by atoms with Crippen molar-refractivity contribution < 1.29 is 9.90 Å². The zero-order valence-electron chi connectivity index (χ0n) is 9.98. The standard InChI is InChI=1S/C13H17NO2S/c1-14(13(16)9-15)8-10-4-5-12-11(7-10)3-2-6-17-12/h4-5,7,15H,2-3,6,8-9H2,1H3. The summed E-state index contributed by atoms with van der Waals surface area (Å²) in [4.78, 5) is 14.2. The zero-order valence-corrected chi connectivity index (χ0v) is 10.8. The Morgan fingerprint density at radius 1 is 1.53 bits per heavy atom. The van der Waals surface area contributed by atoms with E-state index < -0.39 is 6.61 Å². The smallest absolute Gasteiger partial charge is 0.248 e. The van der Waals surface area contributed by atoms with Gasteiger partial charge in [-0.05, 0) is 35.8 Å². The Kier molecular flexibility index (Phi) is 4.07. The molecule has 0 atom stereocenters. The van der Waals surface area contributed by atoms with Crippen molar-refractivity contribution in [2.75, 3.05) is 19.4 Å². The summed E-state index contributed by atoms with van der Waals surface area (Å²) in [5.74, 6) is 0.965. The van der Waals surface area contributed by atoms with E-state index in [2.05, 4.69) is 18.2 Å². The number of aryl methyl sites for hydroxylation is 1. The number of hydrogen-bond donors (Lipinski definition) is 1. The van der Waals surface area contributed by atoms with Gasteiger partial charge in [0, 0.05) is 18.5 Å². The summed E-state index contributed by atoms with van der Waals surface area (Å²) < 4.78 is 0. The lowest BCUT2D eigenvalue weighted by atomic mass is 10.1. The second kappa shape index (κ2) is 5.56. The highest BCUT2D eigenvalue weighted by Crippen LogP contribution is 2.30. The number of aliphatic hydroxyl groups is 1. The fraction of sp³-hybridized carbons (Fsp3) is 0.462. The van der Waals surface area contributed by atoms with Gasteiger partial charge in [0.1, 0.15) is 6.61 Å². The molecule has 2 rings (SSSR count). The maximum atomic E-state index is 11.3. The average molecular weight is 251 g/mol. The van der Waals surface area contributed by atoms with Gasteiger partial charge in [-0.25, -0.2) is 0 Å². The fourth-order valence-corrected chi connectivity index (χ4v) is 3.01. The Bertz CT molecular complexity index is 420. The number of hydrogen-bond acceptors (Lipinski definition) is 3. The summed E-state index contributed by atoms with van der Waals surface area (Å²) in [6.07, 6.45) is 2.36. The molecule has 0 radical (unpaired) electrons. The van der Waals surface area contributed by atoms with Crippen LogP contribution in [0.3, 0.4) is 0 Å². The van der Waals surface area contributed by atoms with Crippen LogP contribution < -0.4 is 0 Å². The molecule has 0 bridgehead atoms. The molecule has 17 heavy (non-hydrogen) atoms. The monoisotopic (exact) mass is 251 g/mol. The Hall–Kier alpha value is -1.00.